The molecule has 0 atom stereocenters. The van der Waals surface area contributed by atoms with E-state index in [-0.39, 0.29) is 11.6 Å². The van der Waals surface area contributed by atoms with Crippen molar-refractivity contribution in [3.05, 3.63) is 124 Å². The van der Waals surface area contributed by atoms with E-state index in [1.54, 1.807) is 18.3 Å². The van der Waals surface area contributed by atoms with E-state index in [0.717, 1.165) is 47.6 Å². The van der Waals surface area contributed by atoms with Crippen LogP contribution >= 0.6 is 34.4 Å². The van der Waals surface area contributed by atoms with Gasteiger partial charge in [-0.1, -0.05) is 47.2 Å². The van der Waals surface area contributed by atoms with Gasteiger partial charge in [0.1, 0.15) is 0 Å². The number of thiophene rings is 1. The van der Waals surface area contributed by atoms with Crippen molar-refractivity contribution in [1.82, 2.24) is 9.55 Å². The Morgan fingerprint density at radius 1 is 0.826 bits per heavy atom. The number of oxime groups is 1. The smallest absolute Gasteiger partial charge is 0.318 e. The summed E-state index contributed by atoms with van der Waals surface area (Å²) in [5.41, 5.74) is 6.27. The van der Waals surface area contributed by atoms with E-state index in [1.165, 1.54) is 30.0 Å². The van der Waals surface area contributed by atoms with Crippen molar-refractivity contribution in [3.63, 3.8) is 0 Å². The van der Waals surface area contributed by atoms with Gasteiger partial charge >= 0.3 is 5.97 Å². The van der Waals surface area contributed by atoms with Crippen molar-refractivity contribution < 1.29 is 19.2 Å². The standard InChI is InChI=1S/C36H25N3O4S3/c1-21(40)24-11-15-31-27(18-24)28-19-25(35(42)34-8-5-17-44-34)12-16-32(28)39(31)26-13-9-23(10-14-26)30(38-43-22(2)41)20-45-36-37-29-6-3-4-7-33(29)46-36/h3-19H,20H2,1-2H3. The van der Waals surface area contributed by atoms with Crippen LogP contribution in [-0.4, -0.2) is 38.6 Å². The maximum Gasteiger partial charge on any atom is 0.331 e. The summed E-state index contributed by atoms with van der Waals surface area (Å²) in [5.74, 6) is -0.0998. The zero-order valence-corrected chi connectivity index (χ0v) is 27.2. The number of carbonyl (C=O) groups is 3. The molecular weight excluding hydrogens is 635 g/mol. The van der Waals surface area contributed by atoms with Crippen molar-refractivity contribution in [2.75, 3.05) is 5.75 Å². The van der Waals surface area contributed by atoms with E-state index < -0.39 is 5.97 Å². The first-order chi connectivity index (χ1) is 22.4. The summed E-state index contributed by atoms with van der Waals surface area (Å²) in [6.07, 6.45) is 0. The van der Waals surface area contributed by atoms with Crippen LogP contribution in [0.15, 0.2) is 112 Å². The average Bonchev–Trinajstić information content (AvgIpc) is 3.82. The lowest BCUT2D eigenvalue weighted by Crippen LogP contribution is -2.07. The topological polar surface area (TPSA) is 90.6 Å². The molecule has 0 N–H and O–H groups in total. The van der Waals surface area contributed by atoms with Crippen LogP contribution < -0.4 is 0 Å². The summed E-state index contributed by atoms with van der Waals surface area (Å²) in [5, 5.41) is 7.84. The molecule has 0 radical (unpaired) electrons. The van der Waals surface area contributed by atoms with Crippen LogP contribution in [0, 0.1) is 0 Å². The molecule has 3 heterocycles. The van der Waals surface area contributed by atoms with Crippen LogP contribution in [0.1, 0.15) is 45.0 Å². The summed E-state index contributed by atoms with van der Waals surface area (Å²) in [6.45, 7) is 2.87. The highest BCUT2D eigenvalue weighted by Gasteiger charge is 2.18. The molecule has 0 saturated heterocycles. The number of carbonyl (C=O) groups excluding carboxylic acids is 3. The third-order valence-corrected chi connectivity index (χ3v) is 10.6. The van der Waals surface area contributed by atoms with Gasteiger partial charge in [-0.25, -0.2) is 9.78 Å². The summed E-state index contributed by atoms with van der Waals surface area (Å²) in [6, 6.07) is 31.0. The molecule has 0 bridgehead atoms. The monoisotopic (exact) mass is 659 g/mol. The highest BCUT2D eigenvalue weighted by Crippen LogP contribution is 2.35. The molecule has 0 spiro atoms. The molecule has 0 aliphatic rings. The summed E-state index contributed by atoms with van der Waals surface area (Å²) in [7, 11) is 0. The van der Waals surface area contributed by atoms with E-state index in [9.17, 15) is 14.4 Å². The Balaban J connectivity index is 1.27. The molecule has 0 aliphatic carbocycles. The predicted octanol–water partition coefficient (Wildman–Crippen LogP) is 8.95. The van der Waals surface area contributed by atoms with E-state index in [1.807, 2.05) is 102 Å². The number of benzene rings is 4. The Morgan fingerprint density at radius 2 is 1.52 bits per heavy atom. The number of rotatable bonds is 9. The second kappa shape index (κ2) is 12.5. The van der Waals surface area contributed by atoms with Gasteiger partial charge in [-0.2, -0.15) is 0 Å². The van der Waals surface area contributed by atoms with E-state index in [2.05, 4.69) is 9.72 Å². The quantitative estimate of drug-likeness (QED) is 0.0505. The molecule has 4 aromatic carbocycles. The Kier molecular flexibility index (Phi) is 8.08. The van der Waals surface area contributed by atoms with Crippen molar-refractivity contribution in [1.29, 1.82) is 0 Å². The number of hydrogen-bond acceptors (Lipinski definition) is 9. The van der Waals surface area contributed by atoms with Crippen LogP contribution in [0.2, 0.25) is 0 Å². The van der Waals surface area contributed by atoms with Gasteiger partial charge in [0.2, 0.25) is 5.78 Å². The van der Waals surface area contributed by atoms with Crippen LogP contribution in [0.4, 0.5) is 0 Å². The summed E-state index contributed by atoms with van der Waals surface area (Å²) in [4.78, 5) is 47.6. The van der Waals surface area contributed by atoms with Gasteiger partial charge in [0, 0.05) is 45.8 Å². The number of thiazole rings is 1. The Hall–Kier alpha value is -4.90. The van der Waals surface area contributed by atoms with Gasteiger partial charge in [-0.3, -0.25) is 9.59 Å². The fraction of sp³-hybridized carbons (Fsp3) is 0.0833. The van der Waals surface area contributed by atoms with Gasteiger partial charge in [0.15, 0.2) is 10.1 Å². The van der Waals surface area contributed by atoms with Gasteiger partial charge in [0.25, 0.3) is 0 Å². The number of hydrogen-bond donors (Lipinski definition) is 0. The molecule has 0 unspecified atom stereocenters. The lowest BCUT2D eigenvalue weighted by atomic mass is 10.0. The molecule has 0 fully saturated rings. The number of para-hydroxylation sites is 1. The fourth-order valence-corrected chi connectivity index (χ4v) is 8.05. The fourth-order valence-electron chi connectivity index (χ4n) is 5.34. The first-order valence-electron chi connectivity index (χ1n) is 14.4. The Bertz CT molecular complexity index is 2280. The van der Waals surface area contributed by atoms with Gasteiger partial charge in [0.05, 0.1) is 31.8 Å². The number of aromatic nitrogens is 2. The third-order valence-electron chi connectivity index (χ3n) is 7.53. The first kappa shape index (κ1) is 29.8. The number of Topliss-reactive ketones (excluding diaryl/α,β-unsaturated/α-hetero) is 1. The largest absolute Gasteiger partial charge is 0.331 e. The second-order valence-corrected chi connectivity index (χ2v) is 13.8. The molecule has 7 nitrogen and oxygen atoms in total. The molecule has 0 amide bonds. The van der Waals surface area contributed by atoms with E-state index in [0.29, 0.717) is 27.5 Å². The van der Waals surface area contributed by atoms with Crippen molar-refractivity contribution in [2.45, 2.75) is 18.2 Å². The first-order valence-corrected chi connectivity index (χ1v) is 17.0. The minimum atomic E-state index is -0.494. The third kappa shape index (κ3) is 5.78. The SMILES string of the molecule is CC(=O)ON=C(CSc1nc2ccccc2s1)c1ccc(-n2c3ccc(C(C)=O)cc3c3cc(C(=O)c4cccs4)ccc32)cc1. The van der Waals surface area contributed by atoms with Crippen molar-refractivity contribution in [2.24, 2.45) is 5.16 Å². The van der Waals surface area contributed by atoms with Gasteiger partial charge < -0.3 is 9.40 Å². The molecule has 0 saturated carbocycles. The minimum Gasteiger partial charge on any atom is -0.318 e. The van der Waals surface area contributed by atoms with E-state index >= 15 is 0 Å². The molecular formula is C36H25N3O4S3. The lowest BCUT2D eigenvalue weighted by Gasteiger charge is -2.10. The molecule has 7 aromatic rings. The minimum absolute atomic E-state index is 0.0266. The molecule has 226 valence electrons. The summed E-state index contributed by atoms with van der Waals surface area (Å²) >= 11 is 4.56. The zero-order chi connectivity index (χ0) is 31.8. The highest BCUT2D eigenvalue weighted by molar-refractivity contribution is 8.01. The van der Waals surface area contributed by atoms with Crippen LogP contribution in [-0.2, 0) is 9.63 Å². The highest BCUT2D eigenvalue weighted by atomic mass is 32.2. The van der Waals surface area contributed by atoms with Gasteiger partial charge in [-0.05, 0) is 79.0 Å². The Labute approximate surface area is 276 Å². The molecule has 46 heavy (non-hydrogen) atoms. The summed E-state index contributed by atoms with van der Waals surface area (Å²) < 4.78 is 4.13. The number of fused-ring (bicyclic) bond motifs is 4. The average molecular weight is 660 g/mol. The molecule has 10 heteroatoms. The maximum atomic E-state index is 13.2. The number of thioether (sulfide) groups is 1. The van der Waals surface area contributed by atoms with Crippen LogP contribution in [0.25, 0.3) is 37.7 Å². The van der Waals surface area contributed by atoms with Crippen LogP contribution in [0.5, 0.6) is 0 Å². The predicted molar refractivity (Wildman–Crippen MR) is 187 cm³/mol. The molecule has 0 aliphatic heterocycles. The molecule has 7 rings (SSSR count). The lowest BCUT2D eigenvalue weighted by molar-refractivity contribution is -0.140. The normalized spacial score (nSPS) is 11.8. The zero-order valence-electron chi connectivity index (χ0n) is 24.7. The van der Waals surface area contributed by atoms with Crippen LogP contribution in [0.3, 0.4) is 0 Å². The number of ketones is 2. The second-order valence-electron chi connectivity index (χ2n) is 10.6. The Morgan fingerprint density at radius 3 is 2.20 bits per heavy atom. The van der Waals surface area contributed by atoms with E-state index in [4.69, 9.17) is 9.82 Å². The number of nitrogens with zero attached hydrogens (tertiary/aromatic N) is 3. The van der Waals surface area contributed by atoms with Crippen molar-refractivity contribution >= 4 is 89.7 Å². The van der Waals surface area contributed by atoms with Gasteiger partial charge in [-0.15, -0.1) is 22.7 Å². The maximum absolute atomic E-state index is 13.2. The molecule has 3 aromatic heterocycles. The van der Waals surface area contributed by atoms with Crippen molar-refractivity contribution in [3.8, 4) is 5.69 Å².